The Labute approximate surface area is 113 Å². The first-order chi connectivity index (χ1) is 9.27. The number of nitrogens with zero attached hydrogens (tertiary/aromatic N) is 3. The molecule has 0 bridgehead atoms. The van der Waals surface area contributed by atoms with Crippen molar-refractivity contribution in [3.05, 3.63) is 18.2 Å². The van der Waals surface area contributed by atoms with Crippen LogP contribution in [0.2, 0.25) is 0 Å². The topological polar surface area (TPSA) is 59.4 Å². The number of aromatic nitrogens is 2. The third-order valence-electron chi connectivity index (χ3n) is 3.43. The van der Waals surface area contributed by atoms with Crippen molar-refractivity contribution in [3.8, 4) is 0 Å². The molecule has 19 heavy (non-hydrogen) atoms. The molecule has 6 heteroatoms. The Hall–Kier alpha value is -1.40. The van der Waals surface area contributed by atoms with Crippen LogP contribution in [0.5, 0.6) is 0 Å². The van der Waals surface area contributed by atoms with Crippen molar-refractivity contribution >= 4 is 5.97 Å². The first kappa shape index (κ1) is 14.0. The smallest absolute Gasteiger partial charge is 0.329 e. The third kappa shape index (κ3) is 3.13. The monoisotopic (exact) mass is 266 g/mol. The second kappa shape index (κ2) is 6.68. The molecular formula is C13H22N4O2. The normalized spacial score (nSPS) is 18.2. The van der Waals surface area contributed by atoms with Crippen molar-refractivity contribution in [2.45, 2.75) is 25.9 Å². The Kier molecular flexibility index (Phi) is 4.93. The lowest BCUT2D eigenvalue weighted by Crippen LogP contribution is -2.47. The number of hydrogen-bond donors (Lipinski definition) is 1. The molecule has 0 saturated carbocycles. The van der Waals surface area contributed by atoms with Gasteiger partial charge in [0.1, 0.15) is 0 Å². The van der Waals surface area contributed by atoms with Crippen LogP contribution in [0.3, 0.4) is 0 Å². The number of ether oxygens (including phenoxy) is 1. The van der Waals surface area contributed by atoms with Crippen LogP contribution in [0.4, 0.5) is 0 Å². The summed E-state index contributed by atoms with van der Waals surface area (Å²) in [6, 6.07) is -0.346. The van der Waals surface area contributed by atoms with Crippen molar-refractivity contribution in [2.75, 3.05) is 33.3 Å². The van der Waals surface area contributed by atoms with Gasteiger partial charge in [-0.2, -0.15) is 0 Å². The van der Waals surface area contributed by atoms with Gasteiger partial charge in [-0.25, -0.2) is 9.78 Å². The number of hydrogen-bond acceptors (Lipinski definition) is 5. The second-order valence-corrected chi connectivity index (χ2v) is 4.72. The maximum Gasteiger partial charge on any atom is 0.329 e. The van der Waals surface area contributed by atoms with Gasteiger partial charge < -0.3 is 14.6 Å². The minimum Gasteiger partial charge on any atom is -0.468 e. The number of methoxy groups -OCH3 is 1. The summed E-state index contributed by atoms with van der Waals surface area (Å²) in [7, 11) is 1.44. The molecule has 1 unspecified atom stereocenters. The van der Waals surface area contributed by atoms with Gasteiger partial charge in [-0.3, -0.25) is 4.90 Å². The molecule has 0 aliphatic carbocycles. The fourth-order valence-corrected chi connectivity index (χ4v) is 2.50. The zero-order chi connectivity index (χ0) is 13.7. The summed E-state index contributed by atoms with van der Waals surface area (Å²) in [6.45, 7) is 6.47. The average molecular weight is 266 g/mol. The van der Waals surface area contributed by atoms with Crippen molar-refractivity contribution in [3.63, 3.8) is 0 Å². The fraction of sp³-hybridized carbons (Fsp3) is 0.692. The van der Waals surface area contributed by atoms with Crippen LogP contribution in [0.25, 0.3) is 0 Å². The summed E-state index contributed by atoms with van der Waals surface area (Å²) in [5, 5.41) is 3.30. The highest BCUT2D eigenvalue weighted by Crippen LogP contribution is 2.22. The first-order valence-electron chi connectivity index (χ1n) is 6.80. The lowest BCUT2D eigenvalue weighted by molar-refractivity contribution is -0.147. The zero-order valence-electron chi connectivity index (χ0n) is 11.6. The van der Waals surface area contributed by atoms with Crippen molar-refractivity contribution < 1.29 is 9.53 Å². The Balaban J connectivity index is 2.25. The minimum atomic E-state index is -0.346. The van der Waals surface area contributed by atoms with Crippen molar-refractivity contribution in [1.82, 2.24) is 19.8 Å². The highest BCUT2D eigenvalue weighted by molar-refractivity contribution is 5.77. The number of imidazole rings is 1. The van der Waals surface area contributed by atoms with Crippen molar-refractivity contribution in [2.24, 2.45) is 0 Å². The molecule has 2 rings (SSSR count). The van der Waals surface area contributed by atoms with E-state index in [0.29, 0.717) is 0 Å². The average Bonchev–Trinajstić information content (AvgIpc) is 2.89. The molecule has 0 spiro atoms. The number of rotatable bonds is 5. The van der Waals surface area contributed by atoms with Gasteiger partial charge in [-0.1, -0.05) is 6.92 Å². The van der Waals surface area contributed by atoms with E-state index in [4.69, 9.17) is 4.74 Å². The molecule has 1 fully saturated rings. The molecule has 1 saturated heterocycles. The first-order valence-corrected chi connectivity index (χ1v) is 6.80. The Morgan fingerprint density at radius 1 is 1.53 bits per heavy atom. The van der Waals surface area contributed by atoms with Gasteiger partial charge in [0.2, 0.25) is 0 Å². The number of esters is 1. The molecule has 1 aliphatic heterocycles. The van der Waals surface area contributed by atoms with Crippen LogP contribution >= 0.6 is 0 Å². The molecule has 1 aromatic rings. The van der Waals surface area contributed by atoms with E-state index in [1.165, 1.54) is 7.11 Å². The van der Waals surface area contributed by atoms with Gasteiger partial charge in [-0.15, -0.1) is 0 Å². The predicted octanol–water partition coefficient (Wildman–Crippen LogP) is 0.412. The summed E-state index contributed by atoms with van der Waals surface area (Å²) in [6.07, 6.45) is 4.58. The number of carbonyl (C=O) groups is 1. The molecule has 2 heterocycles. The highest BCUT2D eigenvalue weighted by Gasteiger charge is 2.31. The third-order valence-corrected chi connectivity index (χ3v) is 3.43. The largest absolute Gasteiger partial charge is 0.468 e. The van der Waals surface area contributed by atoms with Crippen LogP contribution in [-0.2, 0) is 16.1 Å². The van der Waals surface area contributed by atoms with Crippen LogP contribution in [0.1, 0.15) is 25.1 Å². The molecule has 6 nitrogen and oxygen atoms in total. The van der Waals surface area contributed by atoms with E-state index < -0.39 is 0 Å². The fourth-order valence-electron chi connectivity index (χ4n) is 2.50. The summed E-state index contributed by atoms with van der Waals surface area (Å²) in [5.41, 5.74) is 0.926. The van der Waals surface area contributed by atoms with Crippen LogP contribution in [0.15, 0.2) is 12.5 Å². The molecule has 1 aliphatic rings. The van der Waals surface area contributed by atoms with E-state index in [9.17, 15) is 4.79 Å². The molecule has 1 aromatic heterocycles. The standard InChI is InChI=1S/C13H22N4O2/c1-3-6-17-10-15-9-11(17)12(13(18)19-2)16-7-4-14-5-8-16/h9-10,12,14H,3-8H2,1-2H3. The second-order valence-electron chi connectivity index (χ2n) is 4.72. The summed E-state index contributed by atoms with van der Waals surface area (Å²) < 4.78 is 7.03. The van der Waals surface area contributed by atoms with E-state index in [1.54, 1.807) is 12.5 Å². The van der Waals surface area contributed by atoms with Crippen molar-refractivity contribution in [1.29, 1.82) is 0 Å². The summed E-state index contributed by atoms with van der Waals surface area (Å²) in [4.78, 5) is 18.5. The lowest BCUT2D eigenvalue weighted by Gasteiger charge is -2.33. The summed E-state index contributed by atoms with van der Waals surface area (Å²) >= 11 is 0. The van der Waals surface area contributed by atoms with Gasteiger partial charge in [0.15, 0.2) is 6.04 Å². The maximum absolute atomic E-state index is 12.1. The SMILES string of the molecule is CCCn1cncc1C(C(=O)OC)N1CCNCC1. The van der Waals surface area contributed by atoms with E-state index in [0.717, 1.165) is 44.8 Å². The quantitative estimate of drug-likeness (QED) is 0.782. The Bertz CT molecular complexity index is 413. The van der Waals surface area contributed by atoms with E-state index >= 15 is 0 Å². The molecule has 1 atom stereocenters. The molecule has 1 N–H and O–H groups in total. The summed E-state index contributed by atoms with van der Waals surface area (Å²) in [5.74, 6) is -0.209. The number of carbonyl (C=O) groups excluding carboxylic acids is 1. The maximum atomic E-state index is 12.1. The van der Waals surface area contributed by atoms with Gasteiger partial charge in [-0.05, 0) is 6.42 Å². The van der Waals surface area contributed by atoms with Gasteiger partial charge in [0, 0.05) is 32.7 Å². The number of nitrogens with one attached hydrogen (secondary N) is 1. The Morgan fingerprint density at radius 2 is 2.26 bits per heavy atom. The molecule has 106 valence electrons. The van der Waals surface area contributed by atoms with Gasteiger partial charge >= 0.3 is 5.97 Å². The van der Waals surface area contributed by atoms with Gasteiger partial charge in [0.05, 0.1) is 25.3 Å². The zero-order valence-corrected chi connectivity index (χ0v) is 11.6. The molecule has 0 aromatic carbocycles. The number of aryl methyl sites for hydroxylation is 1. The van der Waals surface area contributed by atoms with Crippen LogP contribution < -0.4 is 5.32 Å². The van der Waals surface area contributed by atoms with Crippen LogP contribution in [-0.4, -0.2) is 53.7 Å². The van der Waals surface area contributed by atoms with Gasteiger partial charge in [0.25, 0.3) is 0 Å². The molecular weight excluding hydrogens is 244 g/mol. The minimum absolute atomic E-state index is 0.209. The lowest BCUT2D eigenvalue weighted by atomic mass is 10.1. The highest BCUT2D eigenvalue weighted by atomic mass is 16.5. The van der Waals surface area contributed by atoms with E-state index in [1.807, 2.05) is 4.57 Å². The van der Waals surface area contributed by atoms with E-state index in [-0.39, 0.29) is 12.0 Å². The molecule has 0 amide bonds. The van der Waals surface area contributed by atoms with E-state index in [2.05, 4.69) is 22.1 Å². The molecule has 0 radical (unpaired) electrons. The number of piperazine rings is 1. The van der Waals surface area contributed by atoms with Crippen LogP contribution in [0, 0.1) is 0 Å². The Morgan fingerprint density at radius 3 is 2.89 bits per heavy atom. The predicted molar refractivity (Wildman–Crippen MR) is 71.7 cm³/mol.